The Labute approximate surface area is 174 Å². The zero-order valence-corrected chi connectivity index (χ0v) is 17.1. The van der Waals surface area contributed by atoms with Crippen LogP contribution in [0.5, 0.6) is 0 Å². The average molecular weight is 410 g/mol. The van der Waals surface area contributed by atoms with E-state index >= 15 is 0 Å². The van der Waals surface area contributed by atoms with Gasteiger partial charge in [0.15, 0.2) is 0 Å². The molecule has 4 rings (SSSR count). The Morgan fingerprint density at radius 1 is 1.03 bits per heavy atom. The average Bonchev–Trinajstić information content (AvgIpc) is 3.15. The Balaban J connectivity index is 1.20. The maximum atomic E-state index is 12.4. The van der Waals surface area contributed by atoms with Gasteiger partial charge in [0.2, 0.25) is 11.8 Å². The van der Waals surface area contributed by atoms with Crippen LogP contribution in [-0.4, -0.2) is 54.4 Å². The number of hydrogen-bond acceptors (Lipinski definition) is 4. The lowest BCUT2D eigenvalue weighted by Gasteiger charge is -2.31. The van der Waals surface area contributed by atoms with E-state index in [2.05, 4.69) is 11.4 Å². The molecule has 0 unspecified atom stereocenters. The number of nitrogens with one attached hydrogen (secondary N) is 2. The van der Waals surface area contributed by atoms with Gasteiger partial charge in [-0.1, -0.05) is 42.5 Å². The number of fused-ring (bicyclic) bond motifs is 1. The summed E-state index contributed by atoms with van der Waals surface area (Å²) in [6, 6.07) is 17.8. The Hall–Kier alpha value is -2.77. The van der Waals surface area contributed by atoms with Gasteiger partial charge in [-0.05, 0) is 17.7 Å². The maximum Gasteiger partial charge on any atom is 0.242 e. The fourth-order valence-electron chi connectivity index (χ4n) is 3.59. The van der Waals surface area contributed by atoms with E-state index in [4.69, 9.17) is 4.98 Å². The number of nitrogens with zero attached hydrogens (tertiary/aromatic N) is 2. The van der Waals surface area contributed by atoms with Crippen LogP contribution in [-0.2, 0) is 22.6 Å². The zero-order chi connectivity index (χ0) is 20.1. The van der Waals surface area contributed by atoms with Crippen LogP contribution in [0.15, 0.2) is 54.6 Å². The number of rotatable bonds is 6. The fourth-order valence-corrected chi connectivity index (χ4v) is 4.63. The number of para-hydroxylation sites is 1. The van der Waals surface area contributed by atoms with Gasteiger partial charge in [0.1, 0.15) is 11.6 Å². The van der Waals surface area contributed by atoms with Crippen molar-refractivity contribution in [2.75, 3.05) is 32.7 Å². The number of piperazine rings is 1. The number of hydrogen-bond donors (Lipinski definition) is 2. The van der Waals surface area contributed by atoms with Crippen LogP contribution >= 0.6 is 11.3 Å². The van der Waals surface area contributed by atoms with Crippen LogP contribution < -0.4 is 10.2 Å². The zero-order valence-electron chi connectivity index (χ0n) is 16.3. The standard InChI is InChI=1S/C22H24N4O2S/c27-20(14-17-6-2-1-3-7-17)23-15-22(28)26-12-10-25(11-13-26)16-21-24-18-8-4-5-9-19(18)29-21/h1-9H,10-16H2,(H,23,27)/p+1. The molecule has 2 amide bonds. The van der Waals surface area contributed by atoms with Gasteiger partial charge in [0.05, 0.1) is 49.4 Å². The van der Waals surface area contributed by atoms with E-state index < -0.39 is 0 Å². The second-order valence-corrected chi connectivity index (χ2v) is 8.44. The first-order chi connectivity index (χ1) is 14.2. The molecule has 0 bridgehead atoms. The molecule has 1 aliphatic rings. The van der Waals surface area contributed by atoms with Crippen molar-refractivity contribution in [2.24, 2.45) is 0 Å². The molecule has 2 aromatic carbocycles. The number of thiazole rings is 1. The third-order valence-corrected chi connectivity index (χ3v) is 6.24. The second kappa shape index (κ2) is 9.15. The van der Waals surface area contributed by atoms with Crippen molar-refractivity contribution >= 4 is 33.4 Å². The minimum absolute atomic E-state index is 0.00884. The highest BCUT2D eigenvalue weighted by atomic mass is 32.1. The molecule has 7 heteroatoms. The predicted molar refractivity (Wildman–Crippen MR) is 114 cm³/mol. The van der Waals surface area contributed by atoms with Crippen molar-refractivity contribution in [3.8, 4) is 0 Å². The van der Waals surface area contributed by atoms with Crippen molar-refractivity contribution in [1.29, 1.82) is 0 Å². The quantitative estimate of drug-likeness (QED) is 0.635. The highest BCUT2D eigenvalue weighted by Gasteiger charge is 2.24. The summed E-state index contributed by atoms with van der Waals surface area (Å²) >= 11 is 1.75. The van der Waals surface area contributed by atoms with Crippen LogP contribution in [0.25, 0.3) is 10.2 Å². The highest BCUT2D eigenvalue weighted by Crippen LogP contribution is 2.20. The van der Waals surface area contributed by atoms with E-state index in [-0.39, 0.29) is 18.4 Å². The van der Waals surface area contributed by atoms with Crippen molar-refractivity contribution < 1.29 is 14.5 Å². The molecule has 6 nitrogen and oxygen atoms in total. The van der Waals surface area contributed by atoms with Crippen LogP contribution in [0.1, 0.15) is 10.6 Å². The van der Waals surface area contributed by atoms with E-state index in [1.165, 1.54) is 9.60 Å². The molecule has 0 saturated carbocycles. The topological polar surface area (TPSA) is 66.7 Å². The lowest BCUT2D eigenvalue weighted by atomic mass is 10.1. The Morgan fingerprint density at radius 3 is 2.52 bits per heavy atom. The summed E-state index contributed by atoms with van der Waals surface area (Å²) in [5, 5.41) is 3.90. The van der Waals surface area contributed by atoms with E-state index in [0.717, 1.165) is 35.7 Å². The molecule has 29 heavy (non-hydrogen) atoms. The van der Waals surface area contributed by atoms with Crippen LogP contribution in [0, 0.1) is 0 Å². The molecule has 1 fully saturated rings. The van der Waals surface area contributed by atoms with E-state index in [1.807, 2.05) is 53.4 Å². The van der Waals surface area contributed by atoms with Crippen LogP contribution in [0.2, 0.25) is 0 Å². The summed E-state index contributed by atoms with van der Waals surface area (Å²) in [4.78, 5) is 32.5. The van der Waals surface area contributed by atoms with Gasteiger partial charge >= 0.3 is 0 Å². The summed E-state index contributed by atoms with van der Waals surface area (Å²) in [6.45, 7) is 4.20. The Kier molecular flexibility index (Phi) is 6.17. The van der Waals surface area contributed by atoms with Crippen molar-refractivity contribution in [3.05, 3.63) is 65.2 Å². The third kappa shape index (κ3) is 5.19. The summed E-state index contributed by atoms with van der Waals surface area (Å²) in [5.41, 5.74) is 2.01. The van der Waals surface area contributed by atoms with Gasteiger partial charge in [-0.25, -0.2) is 4.98 Å². The summed E-state index contributed by atoms with van der Waals surface area (Å²) in [5.74, 6) is -0.130. The van der Waals surface area contributed by atoms with Gasteiger partial charge in [-0.2, -0.15) is 0 Å². The Bertz CT molecular complexity index is 948. The molecular weight excluding hydrogens is 384 g/mol. The van der Waals surface area contributed by atoms with Crippen LogP contribution in [0.4, 0.5) is 0 Å². The molecule has 1 aliphatic heterocycles. The van der Waals surface area contributed by atoms with Crippen molar-refractivity contribution in [1.82, 2.24) is 15.2 Å². The molecule has 0 spiro atoms. The van der Waals surface area contributed by atoms with Gasteiger partial charge in [-0.3, -0.25) is 9.59 Å². The fraction of sp³-hybridized carbons (Fsp3) is 0.318. The van der Waals surface area contributed by atoms with E-state index in [0.29, 0.717) is 19.5 Å². The molecular formula is C22H25N4O2S+. The van der Waals surface area contributed by atoms with Gasteiger partial charge in [0.25, 0.3) is 0 Å². The smallest absolute Gasteiger partial charge is 0.242 e. The molecule has 0 radical (unpaired) electrons. The SMILES string of the molecule is O=C(Cc1ccccc1)NCC(=O)N1CC[NH+](Cc2nc3ccccc3s2)CC1. The van der Waals surface area contributed by atoms with Gasteiger partial charge < -0.3 is 15.1 Å². The minimum Gasteiger partial charge on any atom is -0.347 e. The van der Waals surface area contributed by atoms with E-state index in [9.17, 15) is 9.59 Å². The number of amides is 2. The highest BCUT2D eigenvalue weighted by molar-refractivity contribution is 7.18. The predicted octanol–water partition coefficient (Wildman–Crippen LogP) is 0.882. The van der Waals surface area contributed by atoms with E-state index in [1.54, 1.807) is 11.3 Å². The molecule has 3 aromatic rings. The monoisotopic (exact) mass is 409 g/mol. The van der Waals surface area contributed by atoms with Gasteiger partial charge in [0, 0.05) is 0 Å². The lowest BCUT2D eigenvalue weighted by Crippen LogP contribution is -3.13. The first-order valence-corrected chi connectivity index (χ1v) is 10.8. The largest absolute Gasteiger partial charge is 0.347 e. The maximum absolute atomic E-state index is 12.4. The first-order valence-electron chi connectivity index (χ1n) is 9.94. The van der Waals surface area contributed by atoms with Crippen molar-refractivity contribution in [3.63, 3.8) is 0 Å². The molecule has 1 saturated heterocycles. The summed E-state index contributed by atoms with van der Waals surface area (Å²) in [6.07, 6.45) is 0.300. The number of carbonyl (C=O) groups is 2. The molecule has 2 heterocycles. The number of quaternary nitrogens is 1. The molecule has 0 atom stereocenters. The second-order valence-electron chi connectivity index (χ2n) is 7.32. The summed E-state index contributed by atoms with van der Waals surface area (Å²) < 4.78 is 1.22. The number of aromatic nitrogens is 1. The molecule has 2 N–H and O–H groups in total. The van der Waals surface area contributed by atoms with Crippen LogP contribution in [0.3, 0.4) is 0 Å². The molecule has 150 valence electrons. The normalized spacial score (nSPS) is 14.8. The van der Waals surface area contributed by atoms with Gasteiger partial charge in [-0.15, -0.1) is 11.3 Å². The van der Waals surface area contributed by atoms with Crippen molar-refractivity contribution in [2.45, 2.75) is 13.0 Å². The Morgan fingerprint density at radius 2 is 1.76 bits per heavy atom. The lowest BCUT2D eigenvalue weighted by molar-refractivity contribution is -0.917. The minimum atomic E-state index is -0.121. The summed E-state index contributed by atoms with van der Waals surface area (Å²) in [7, 11) is 0. The third-order valence-electron chi connectivity index (χ3n) is 5.21. The molecule has 0 aliphatic carbocycles. The number of benzene rings is 2. The molecule has 1 aromatic heterocycles. The first kappa shape index (κ1) is 19.5. The number of carbonyl (C=O) groups excluding carboxylic acids is 2.